The highest BCUT2D eigenvalue weighted by Crippen LogP contribution is 2.17. The van der Waals surface area contributed by atoms with E-state index in [4.69, 9.17) is 0 Å². The molecule has 7 nitrogen and oxygen atoms in total. The van der Waals surface area contributed by atoms with Crippen LogP contribution in [0.5, 0.6) is 0 Å². The Morgan fingerprint density at radius 2 is 1.83 bits per heavy atom. The molecule has 1 aromatic heterocycles. The molecule has 118 valence electrons. The number of sulfonamides is 1. The fourth-order valence-corrected chi connectivity index (χ4v) is 3.23. The second kappa shape index (κ2) is 5.82. The summed E-state index contributed by atoms with van der Waals surface area (Å²) in [6, 6.07) is 12.3. The number of nitrogens with one attached hydrogen (secondary N) is 2. The molecule has 0 aliphatic carbocycles. The highest BCUT2D eigenvalue weighted by molar-refractivity contribution is 7.89. The van der Waals surface area contributed by atoms with Crippen molar-refractivity contribution in [1.82, 2.24) is 9.71 Å². The minimum Gasteiger partial charge on any atom is -0.361 e. The predicted octanol–water partition coefficient (Wildman–Crippen LogP) is 2.55. The Labute approximate surface area is 132 Å². The third kappa shape index (κ3) is 3.22. The van der Waals surface area contributed by atoms with Gasteiger partial charge in [-0.1, -0.05) is 12.1 Å². The summed E-state index contributed by atoms with van der Waals surface area (Å²) in [4.78, 5) is 13.1. The maximum Gasteiger partial charge on any atom is 0.269 e. The van der Waals surface area contributed by atoms with Crippen molar-refractivity contribution >= 4 is 26.6 Å². The SMILES string of the molecule is O=[N+]([O-])c1ccc(S(=O)(=O)NCc2ccc3cc[nH]c3c2)cc1. The molecule has 2 aromatic carbocycles. The molecule has 8 heteroatoms. The Morgan fingerprint density at radius 1 is 1.09 bits per heavy atom. The van der Waals surface area contributed by atoms with Gasteiger partial charge in [-0.15, -0.1) is 0 Å². The lowest BCUT2D eigenvalue weighted by Crippen LogP contribution is -2.23. The van der Waals surface area contributed by atoms with Gasteiger partial charge >= 0.3 is 0 Å². The lowest BCUT2D eigenvalue weighted by Gasteiger charge is -2.07. The first-order chi connectivity index (χ1) is 11.0. The van der Waals surface area contributed by atoms with Crippen molar-refractivity contribution < 1.29 is 13.3 Å². The van der Waals surface area contributed by atoms with Crippen LogP contribution in [-0.4, -0.2) is 18.3 Å². The Balaban J connectivity index is 1.76. The summed E-state index contributed by atoms with van der Waals surface area (Å²) in [6.45, 7) is 0.133. The highest BCUT2D eigenvalue weighted by Gasteiger charge is 2.15. The molecular formula is C15H13N3O4S. The molecule has 0 fully saturated rings. The third-order valence-electron chi connectivity index (χ3n) is 3.44. The van der Waals surface area contributed by atoms with Gasteiger partial charge in [0.25, 0.3) is 5.69 Å². The fraction of sp³-hybridized carbons (Fsp3) is 0.0667. The van der Waals surface area contributed by atoms with E-state index in [9.17, 15) is 18.5 Å². The quantitative estimate of drug-likeness (QED) is 0.553. The number of nitrogens with zero attached hydrogens (tertiary/aromatic N) is 1. The van der Waals surface area contributed by atoms with E-state index in [2.05, 4.69) is 9.71 Å². The Bertz CT molecular complexity index is 962. The molecule has 0 atom stereocenters. The van der Waals surface area contributed by atoms with E-state index in [0.717, 1.165) is 16.5 Å². The summed E-state index contributed by atoms with van der Waals surface area (Å²) >= 11 is 0. The molecule has 0 spiro atoms. The third-order valence-corrected chi connectivity index (χ3v) is 4.86. The maximum atomic E-state index is 12.2. The van der Waals surface area contributed by atoms with E-state index in [1.54, 1.807) is 0 Å². The molecule has 2 N–H and O–H groups in total. The second-order valence-corrected chi connectivity index (χ2v) is 6.74. The van der Waals surface area contributed by atoms with Crippen molar-refractivity contribution in [2.24, 2.45) is 0 Å². The molecule has 1 heterocycles. The first-order valence-electron chi connectivity index (χ1n) is 6.76. The smallest absolute Gasteiger partial charge is 0.269 e. The molecule has 0 aliphatic rings. The molecule has 3 rings (SSSR count). The molecule has 0 unspecified atom stereocenters. The average molecular weight is 331 g/mol. The molecule has 0 saturated carbocycles. The highest BCUT2D eigenvalue weighted by atomic mass is 32.2. The minimum atomic E-state index is -3.72. The van der Waals surface area contributed by atoms with E-state index < -0.39 is 14.9 Å². The molecule has 0 bridgehead atoms. The number of non-ortho nitro benzene ring substituents is 1. The Kier molecular flexibility index (Phi) is 3.85. The monoisotopic (exact) mass is 331 g/mol. The number of aromatic amines is 1. The number of rotatable bonds is 5. The zero-order chi connectivity index (χ0) is 16.4. The van der Waals surface area contributed by atoms with E-state index in [-0.39, 0.29) is 17.1 Å². The fourth-order valence-electron chi connectivity index (χ4n) is 2.21. The van der Waals surface area contributed by atoms with Gasteiger partial charge in [-0.3, -0.25) is 10.1 Å². The number of H-pyrrole nitrogens is 1. The van der Waals surface area contributed by atoms with Gasteiger partial charge < -0.3 is 4.98 Å². The Morgan fingerprint density at radius 3 is 2.52 bits per heavy atom. The molecule has 0 radical (unpaired) electrons. The number of benzene rings is 2. The van der Waals surface area contributed by atoms with E-state index in [0.29, 0.717) is 0 Å². The first kappa shape index (κ1) is 15.2. The van der Waals surface area contributed by atoms with Crippen molar-refractivity contribution in [3.63, 3.8) is 0 Å². The normalized spacial score (nSPS) is 11.7. The van der Waals surface area contributed by atoms with Crippen LogP contribution in [0, 0.1) is 10.1 Å². The van der Waals surface area contributed by atoms with E-state index in [1.165, 1.54) is 24.3 Å². The summed E-state index contributed by atoms with van der Waals surface area (Å²) in [7, 11) is -3.72. The van der Waals surface area contributed by atoms with Gasteiger partial charge in [0.05, 0.1) is 9.82 Å². The summed E-state index contributed by atoms with van der Waals surface area (Å²) in [5.41, 5.74) is 1.59. The van der Waals surface area contributed by atoms with Crippen LogP contribution in [-0.2, 0) is 16.6 Å². The average Bonchev–Trinajstić information content (AvgIpc) is 3.01. The van der Waals surface area contributed by atoms with Gasteiger partial charge in [-0.25, -0.2) is 13.1 Å². The number of nitro benzene ring substituents is 1. The van der Waals surface area contributed by atoms with Crippen LogP contribution in [0.3, 0.4) is 0 Å². The van der Waals surface area contributed by atoms with E-state index in [1.807, 2.05) is 30.5 Å². The van der Waals surface area contributed by atoms with Crippen molar-refractivity contribution in [2.75, 3.05) is 0 Å². The number of hydrogen-bond donors (Lipinski definition) is 2. The summed E-state index contributed by atoms with van der Waals surface area (Å²) in [5.74, 6) is 0. The van der Waals surface area contributed by atoms with Gasteiger partial charge in [0.15, 0.2) is 0 Å². The van der Waals surface area contributed by atoms with Gasteiger partial charge in [-0.05, 0) is 35.2 Å². The second-order valence-electron chi connectivity index (χ2n) is 4.97. The largest absolute Gasteiger partial charge is 0.361 e. The molecule has 0 aliphatic heterocycles. The molecular weight excluding hydrogens is 318 g/mol. The van der Waals surface area contributed by atoms with Crippen LogP contribution in [0.25, 0.3) is 10.9 Å². The number of aromatic nitrogens is 1. The first-order valence-corrected chi connectivity index (χ1v) is 8.24. The maximum absolute atomic E-state index is 12.2. The summed E-state index contributed by atoms with van der Waals surface area (Å²) in [6.07, 6.45) is 1.81. The zero-order valence-corrected chi connectivity index (χ0v) is 12.7. The lowest BCUT2D eigenvalue weighted by molar-refractivity contribution is -0.384. The minimum absolute atomic E-state index is 0.0101. The molecule has 23 heavy (non-hydrogen) atoms. The number of hydrogen-bond acceptors (Lipinski definition) is 4. The van der Waals surface area contributed by atoms with Crippen molar-refractivity contribution in [3.8, 4) is 0 Å². The zero-order valence-electron chi connectivity index (χ0n) is 11.9. The molecule has 3 aromatic rings. The Hall–Kier alpha value is -2.71. The van der Waals surface area contributed by atoms with Crippen LogP contribution in [0.1, 0.15) is 5.56 Å². The standard InChI is InChI=1S/C15H13N3O4S/c19-18(20)13-3-5-14(6-4-13)23(21,22)17-10-11-1-2-12-7-8-16-15(12)9-11/h1-9,16-17H,10H2. The van der Waals surface area contributed by atoms with Crippen LogP contribution in [0.2, 0.25) is 0 Å². The number of nitro groups is 1. The molecule has 0 saturated heterocycles. The van der Waals surface area contributed by atoms with Gasteiger partial charge in [0.1, 0.15) is 0 Å². The van der Waals surface area contributed by atoms with Crippen LogP contribution in [0.4, 0.5) is 5.69 Å². The van der Waals surface area contributed by atoms with Crippen LogP contribution >= 0.6 is 0 Å². The van der Waals surface area contributed by atoms with Crippen molar-refractivity contribution in [2.45, 2.75) is 11.4 Å². The van der Waals surface area contributed by atoms with Gasteiger partial charge in [-0.2, -0.15) is 0 Å². The number of fused-ring (bicyclic) bond motifs is 1. The van der Waals surface area contributed by atoms with Crippen LogP contribution < -0.4 is 4.72 Å². The van der Waals surface area contributed by atoms with Crippen LogP contribution in [0.15, 0.2) is 59.6 Å². The van der Waals surface area contributed by atoms with Crippen molar-refractivity contribution in [1.29, 1.82) is 0 Å². The summed E-state index contributed by atoms with van der Waals surface area (Å²) in [5, 5.41) is 11.6. The van der Waals surface area contributed by atoms with Gasteiger partial charge in [0.2, 0.25) is 10.0 Å². The molecule has 0 amide bonds. The lowest BCUT2D eigenvalue weighted by atomic mass is 10.2. The topological polar surface area (TPSA) is 105 Å². The van der Waals surface area contributed by atoms with Crippen molar-refractivity contribution in [3.05, 3.63) is 70.4 Å². The van der Waals surface area contributed by atoms with E-state index >= 15 is 0 Å². The summed E-state index contributed by atoms with van der Waals surface area (Å²) < 4.78 is 26.9. The van der Waals surface area contributed by atoms with Gasteiger partial charge in [0, 0.05) is 30.4 Å². The predicted molar refractivity (Wildman–Crippen MR) is 85.4 cm³/mol.